The maximum Gasteiger partial charge on any atom is 0.131 e. The molecule has 2 heteroatoms. The topological polar surface area (TPSA) is 14.2 Å². The fourth-order valence-corrected chi connectivity index (χ4v) is 5.19. The number of allylic oxidation sites excluding steroid dienone is 1. The van der Waals surface area contributed by atoms with Gasteiger partial charge in [-0.25, -0.2) is 0 Å². The van der Waals surface area contributed by atoms with Gasteiger partial charge in [0.1, 0.15) is 11.4 Å². The SMILES string of the molecule is Cc1ccc2c(c1)c1ccccc1n2-c1ccc2c(c1)C1CCC=CC1(C)O2. The minimum atomic E-state index is -0.197. The number of fused-ring (bicyclic) bond motifs is 6. The molecule has 2 nitrogen and oxygen atoms in total. The van der Waals surface area contributed by atoms with Crippen molar-refractivity contribution >= 4 is 21.8 Å². The lowest BCUT2D eigenvalue weighted by Gasteiger charge is -2.30. The van der Waals surface area contributed by atoms with Gasteiger partial charge in [-0.2, -0.15) is 0 Å². The van der Waals surface area contributed by atoms with Crippen LogP contribution in [-0.4, -0.2) is 10.2 Å². The highest BCUT2D eigenvalue weighted by molar-refractivity contribution is 6.09. The van der Waals surface area contributed by atoms with Crippen molar-refractivity contribution in [2.75, 3.05) is 0 Å². The van der Waals surface area contributed by atoms with Crippen molar-refractivity contribution < 1.29 is 4.74 Å². The standard InChI is InChI=1S/C26H23NO/c1-17-10-12-24-20(15-17)19-7-3-4-9-23(19)27(24)18-11-13-25-21(16-18)22-8-5-6-14-26(22,2)28-25/h3-4,6-7,9-16,22H,5,8H2,1-2H3. The molecular formula is C26H23NO. The summed E-state index contributed by atoms with van der Waals surface area (Å²) in [6.45, 7) is 4.38. The van der Waals surface area contributed by atoms with Crippen molar-refractivity contribution in [1.82, 2.24) is 4.57 Å². The van der Waals surface area contributed by atoms with Crippen LogP contribution in [0.5, 0.6) is 5.75 Å². The van der Waals surface area contributed by atoms with Crippen LogP contribution in [0.2, 0.25) is 0 Å². The first-order chi connectivity index (χ1) is 13.6. The van der Waals surface area contributed by atoms with Crippen LogP contribution >= 0.6 is 0 Å². The fraction of sp³-hybridized carbons (Fsp3) is 0.231. The van der Waals surface area contributed by atoms with Crippen molar-refractivity contribution in [3.8, 4) is 11.4 Å². The number of aromatic nitrogens is 1. The Bertz CT molecular complexity index is 1280. The van der Waals surface area contributed by atoms with Crippen LogP contribution in [0.15, 0.2) is 72.8 Å². The van der Waals surface area contributed by atoms with Crippen LogP contribution in [0.1, 0.15) is 36.8 Å². The Morgan fingerprint density at radius 3 is 2.75 bits per heavy atom. The summed E-state index contributed by atoms with van der Waals surface area (Å²) in [7, 11) is 0. The molecule has 6 rings (SSSR count). The molecule has 0 radical (unpaired) electrons. The molecule has 1 aliphatic carbocycles. The summed E-state index contributed by atoms with van der Waals surface area (Å²) >= 11 is 0. The van der Waals surface area contributed by atoms with Gasteiger partial charge in [-0.3, -0.25) is 0 Å². The highest BCUT2D eigenvalue weighted by Crippen LogP contribution is 2.50. The number of para-hydroxylation sites is 1. The molecule has 0 N–H and O–H groups in total. The monoisotopic (exact) mass is 365 g/mol. The van der Waals surface area contributed by atoms with Gasteiger partial charge in [0, 0.05) is 27.9 Å². The molecule has 28 heavy (non-hydrogen) atoms. The molecule has 0 saturated carbocycles. The van der Waals surface area contributed by atoms with E-state index < -0.39 is 0 Å². The molecule has 0 fully saturated rings. The number of rotatable bonds is 1. The average molecular weight is 365 g/mol. The number of hydrogen-bond donors (Lipinski definition) is 0. The van der Waals surface area contributed by atoms with Gasteiger partial charge in [0.25, 0.3) is 0 Å². The predicted molar refractivity (Wildman–Crippen MR) is 116 cm³/mol. The van der Waals surface area contributed by atoms with E-state index in [0.717, 1.165) is 18.6 Å². The molecule has 0 amide bonds. The lowest BCUT2D eigenvalue weighted by Crippen LogP contribution is -2.33. The van der Waals surface area contributed by atoms with Crippen LogP contribution in [0.4, 0.5) is 0 Å². The number of hydrogen-bond acceptors (Lipinski definition) is 1. The third-order valence-electron chi connectivity index (χ3n) is 6.55. The fourth-order valence-electron chi connectivity index (χ4n) is 5.19. The summed E-state index contributed by atoms with van der Waals surface area (Å²) in [6.07, 6.45) is 6.79. The molecule has 0 saturated heterocycles. The van der Waals surface area contributed by atoms with Crippen molar-refractivity contribution in [2.45, 2.75) is 38.2 Å². The van der Waals surface area contributed by atoms with E-state index in [1.165, 1.54) is 38.6 Å². The maximum absolute atomic E-state index is 6.37. The Kier molecular flexibility index (Phi) is 3.15. The lowest BCUT2D eigenvalue weighted by molar-refractivity contribution is 0.132. The van der Waals surface area contributed by atoms with E-state index in [1.807, 2.05) is 0 Å². The Morgan fingerprint density at radius 1 is 0.964 bits per heavy atom. The van der Waals surface area contributed by atoms with E-state index in [9.17, 15) is 0 Å². The van der Waals surface area contributed by atoms with Crippen LogP contribution in [-0.2, 0) is 0 Å². The lowest BCUT2D eigenvalue weighted by atomic mass is 9.78. The minimum absolute atomic E-state index is 0.197. The zero-order chi connectivity index (χ0) is 18.9. The molecule has 0 bridgehead atoms. The van der Waals surface area contributed by atoms with E-state index >= 15 is 0 Å². The molecular weight excluding hydrogens is 342 g/mol. The van der Waals surface area contributed by atoms with Gasteiger partial charge in [-0.05, 0) is 69.2 Å². The van der Waals surface area contributed by atoms with E-state index in [1.54, 1.807) is 0 Å². The first-order valence-electron chi connectivity index (χ1n) is 10.1. The van der Waals surface area contributed by atoms with Crippen LogP contribution in [0.3, 0.4) is 0 Å². The molecule has 4 aromatic rings. The molecule has 2 atom stereocenters. The van der Waals surface area contributed by atoms with Gasteiger partial charge in [0.2, 0.25) is 0 Å². The van der Waals surface area contributed by atoms with Gasteiger partial charge in [-0.1, -0.05) is 35.9 Å². The van der Waals surface area contributed by atoms with Crippen molar-refractivity contribution in [1.29, 1.82) is 0 Å². The molecule has 138 valence electrons. The second-order valence-electron chi connectivity index (χ2n) is 8.41. The second-order valence-corrected chi connectivity index (χ2v) is 8.41. The Morgan fingerprint density at radius 2 is 1.82 bits per heavy atom. The van der Waals surface area contributed by atoms with Crippen molar-refractivity contribution in [3.05, 3.63) is 83.9 Å². The molecule has 1 aliphatic heterocycles. The first kappa shape index (κ1) is 16.0. The van der Waals surface area contributed by atoms with Gasteiger partial charge >= 0.3 is 0 Å². The largest absolute Gasteiger partial charge is 0.483 e. The summed E-state index contributed by atoms with van der Waals surface area (Å²) in [5.41, 5.74) is 6.18. The molecule has 2 unspecified atom stereocenters. The van der Waals surface area contributed by atoms with Crippen LogP contribution in [0.25, 0.3) is 27.5 Å². The summed E-state index contributed by atoms with van der Waals surface area (Å²) in [6, 6.07) is 22.2. The third kappa shape index (κ3) is 2.09. The normalized spacial score (nSPS) is 23.0. The third-order valence-corrected chi connectivity index (χ3v) is 6.55. The number of nitrogens with zero attached hydrogens (tertiary/aromatic N) is 1. The Labute approximate surface area is 165 Å². The van der Waals surface area contributed by atoms with Crippen LogP contribution in [0, 0.1) is 6.92 Å². The summed E-state index contributed by atoms with van der Waals surface area (Å²) in [4.78, 5) is 0. The van der Waals surface area contributed by atoms with E-state index in [0.29, 0.717) is 5.92 Å². The smallest absolute Gasteiger partial charge is 0.131 e. The summed E-state index contributed by atoms with van der Waals surface area (Å²) in [5.74, 6) is 1.47. The van der Waals surface area contributed by atoms with Gasteiger partial charge in [0.15, 0.2) is 0 Å². The number of benzene rings is 3. The predicted octanol–water partition coefficient (Wildman–Crippen LogP) is 6.68. The summed E-state index contributed by atoms with van der Waals surface area (Å²) < 4.78 is 8.77. The Hall–Kier alpha value is -3.00. The molecule has 2 aliphatic rings. The first-order valence-corrected chi connectivity index (χ1v) is 10.1. The zero-order valence-corrected chi connectivity index (χ0v) is 16.3. The maximum atomic E-state index is 6.37. The molecule has 1 aromatic heterocycles. The Balaban J connectivity index is 1.62. The van der Waals surface area contributed by atoms with E-state index in [4.69, 9.17) is 4.74 Å². The molecule has 0 spiro atoms. The average Bonchev–Trinajstić information content (AvgIpc) is 3.18. The van der Waals surface area contributed by atoms with Gasteiger partial charge in [-0.15, -0.1) is 0 Å². The van der Waals surface area contributed by atoms with Crippen LogP contribution < -0.4 is 4.74 Å². The zero-order valence-electron chi connectivity index (χ0n) is 16.3. The number of aryl methyl sites for hydroxylation is 1. The van der Waals surface area contributed by atoms with E-state index in [2.05, 4.69) is 91.2 Å². The van der Waals surface area contributed by atoms with E-state index in [-0.39, 0.29) is 5.60 Å². The van der Waals surface area contributed by atoms with Gasteiger partial charge < -0.3 is 9.30 Å². The highest BCUT2D eigenvalue weighted by atomic mass is 16.5. The second kappa shape index (κ2) is 5.51. The van der Waals surface area contributed by atoms with Crippen molar-refractivity contribution in [3.63, 3.8) is 0 Å². The molecule has 3 aromatic carbocycles. The molecule has 2 heterocycles. The van der Waals surface area contributed by atoms with Crippen molar-refractivity contribution in [2.24, 2.45) is 0 Å². The number of ether oxygens (including phenoxy) is 1. The van der Waals surface area contributed by atoms with Gasteiger partial charge in [0.05, 0.1) is 11.0 Å². The quantitative estimate of drug-likeness (QED) is 0.343. The summed E-state index contributed by atoms with van der Waals surface area (Å²) in [5, 5.41) is 2.63. The highest BCUT2D eigenvalue weighted by Gasteiger charge is 2.44. The minimum Gasteiger partial charge on any atom is -0.483 e.